The zero-order valence-corrected chi connectivity index (χ0v) is 12.6. The first kappa shape index (κ1) is 131. The Bertz CT molecular complexity index is 106. The van der Waals surface area contributed by atoms with Crippen molar-refractivity contribution in [2.24, 2.45) is 0 Å². The first-order valence-electron chi connectivity index (χ1n) is 1.34. The van der Waals surface area contributed by atoms with Crippen LogP contribution in [0.4, 0.5) is 0 Å². The van der Waals surface area contributed by atoms with Gasteiger partial charge in [-0.05, 0) is 0 Å². The number of hydrogen-bond acceptors (Lipinski definition) is 6. The number of hydrogen-bond donors (Lipinski definition) is 0. The Balaban J connectivity index is -0.00000000267. The van der Waals surface area contributed by atoms with Crippen molar-refractivity contribution in [2.75, 3.05) is 0 Å². The minimum absolute atomic E-state index is 0. The fraction of sp³-hybridized carbons (Fsp3) is 0. The van der Waals surface area contributed by atoms with E-state index in [-0.39, 0.29) is 84.2 Å². The second kappa shape index (κ2) is 12300. The molecule has 0 saturated carbocycles. The maximum absolute atomic E-state index is 6.25. The van der Waals surface area contributed by atoms with Gasteiger partial charge in [-0.2, -0.15) is 0 Å². The quantitative estimate of drug-likeness (QED) is 0.392. The third kappa shape index (κ3) is 10600. The van der Waals surface area contributed by atoms with Crippen molar-refractivity contribution in [3.63, 3.8) is 0 Å². The van der Waals surface area contributed by atoms with Crippen LogP contribution in [0, 0.1) is 71.0 Å². The van der Waals surface area contributed by atoms with Crippen LogP contribution in [-0.2, 0) is 84.2 Å². The van der Waals surface area contributed by atoms with Crippen LogP contribution in [0.2, 0.25) is 0 Å². The minimum Gasteiger partial charge on any atom is -0.512 e. The van der Waals surface area contributed by atoms with Gasteiger partial charge in [0.1, 0.15) is 0 Å². The van der Waals surface area contributed by atoms with Gasteiger partial charge in [0, 0.05) is 67.1 Å². The molecule has 17 heavy (non-hydrogen) atoms. The average Bonchev–Trinajstić information content (AvgIpc) is 2.33. The molecule has 0 aliphatic heterocycles. The van der Waals surface area contributed by atoms with Crippen LogP contribution in [0.3, 0.4) is 0 Å². The standard InChI is InChI=1S/6CN.4Co.Fe/c6*1-2;;;;;/q6*-1;;;;;+4. The molecule has 0 heterocycles. The Morgan fingerprint density at radius 2 is 0.294 bits per heavy atom. The number of nitrogens with zero attached hydrogens (tertiary/aromatic N) is 6. The van der Waals surface area contributed by atoms with E-state index < -0.39 is 0 Å². The molecule has 4 radical (unpaired) electrons. The van der Waals surface area contributed by atoms with Crippen molar-refractivity contribution in [3.8, 4) is 0 Å². The van der Waals surface area contributed by atoms with E-state index in [0.717, 1.165) is 0 Å². The van der Waals surface area contributed by atoms with Crippen LogP contribution < -0.4 is 0 Å². The summed E-state index contributed by atoms with van der Waals surface area (Å²) < 4.78 is 0. The van der Waals surface area contributed by atoms with E-state index in [4.69, 9.17) is 71.0 Å². The largest absolute Gasteiger partial charge is 4.00 e. The van der Waals surface area contributed by atoms with Gasteiger partial charge in [0.25, 0.3) is 0 Å². The molecule has 0 N–H and O–H groups in total. The topological polar surface area (TPSA) is 143 Å². The smallest absolute Gasteiger partial charge is 0.512 e. The molecule has 0 fully saturated rings. The van der Waals surface area contributed by atoms with Gasteiger partial charge in [-0.3, -0.25) is 0 Å². The molecule has 100 valence electrons. The molecule has 0 aliphatic carbocycles. The van der Waals surface area contributed by atoms with Crippen LogP contribution >= 0.6 is 0 Å². The van der Waals surface area contributed by atoms with Gasteiger partial charge in [-0.15, -0.1) is 0 Å². The van der Waals surface area contributed by atoms with Crippen molar-refractivity contribution in [2.45, 2.75) is 0 Å². The molecular formula is C6Co4FeN6-2. The third-order valence-corrected chi connectivity index (χ3v) is 0. The third-order valence-electron chi connectivity index (χ3n) is 0. The first-order valence-corrected chi connectivity index (χ1v) is 1.34. The van der Waals surface area contributed by atoms with Crippen molar-refractivity contribution < 1.29 is 84.2 Å². The van der Waals surface area contributed by atoms with Crippen molar-refractivity contribution in [3.05, 3.63) is 39.4 Å². The van der Waals surface area contributed by atoms with E-state index in [9.17, 15) is 0 Å². The summed E-state index contributed by atoms with van der Waals surface area (Å²) >= 11 is 0. The molecule has 0 aromatic heterocycles. The molecule has 0 aromatic rings. The van der Waals surface area contributed by atoms with E-state index in [1.54, 1.807) is 0 Å². The molecule has 0 atom stereocenters. The minimum atomic E-state index is 0. The molecule has 0 aliphatic rings. The van der Waals surface area contributed by atoms with Crippen LogP contribution in [0.25, 0.3) is 0 Å². The SMILES string of the molecule is [C-]#N.[C-]#N.[C-]#N.[C-]#N.[C-]#N.[C-]#N.[Co].[Co].[Co].[Co].[Fe+4]. The predicted octanol–water partition coefficient (Wildman–Crippen LogP) is 0.566. The maximum atomic E-state index is 6.25. The Kier molecular flexibility index (Phi) is 94800. The van der Waals surface area contributed by atoms with Gasteiger partial charge in [-0.25, -0.2) is 0 Å². The normalized spacial score (nSPS) is 0.706. The summed E-state index contributed by atoms with van der Waals surface area (Å²) in [6.07, 6.45) is 0. The fourth-order valence-electron chi connectivity index (χ4n) is 0. The maximum Gasteiger partial charge on any atom is 4.00 e. The van der Waals surface area contributed by atoms with Crippen LogP contribution in [0.1, 0.15) is 0 Å². The van der Waals surface area contributed by atoms with E-state index in [1.807, 2.05) is 0 Å². The van der Waals surface area contributed by atoms with Crippen LogP contribution in [0.5, 0.6) is 0 Å². The molecule has 0 spiro atoms. The van der Waals surface area contributed by atoms with Gasteiger partial charge in [0.05, 0.1) is 0 Å². The molecule has 0 saturated heterocycles. The van der Waals surface area contributed by atoms with Gasteiger partial charge in [0.2, 0.25) is 0 Å². The van der Waals surface area contributed by atoms with E-state index in [1.165, 1.54) is 0 Å². The summed E-state index contributed by atoms with van der Waals surface area (Å²) in [4.78, 5) is 0. The van der Waals surface area contributed by atoms with E-state index in [0.29, 0.717) is 0 Å². The van der Waals surface area contributed by atoms with Gasteiger partial charge >= 0.3 is 17.1 Å². The zero-order valence-electron chi connectivity index (χ0n) is 7.37. The second-order valence-electron chi connectivity index (χ2n) is 0. The molecule has 0 amide bonds. The molecular weight excluding hydrogens is 448 g/mol. The molecule has 0 bridgehead atoms. The molecule has 0 unspecified atom stereocenters. The zero-order chi connectivity index (χ0) is 12.0. The summed E-state index contributed by atoms with van der Waals surface area (Å²) in [6.45, 7) is 28.5. The first-order chi connectivity index (χ1) is 6.00. The Morgan fingerprint density at radius 3 is 0.294 bits per heavy atom. The molecule has 0 aromatic carbocycles. The average molecular weight is 448 g/mol. The van der Waals surface area contributed by atoms with Crippen molar-refractivity contribution in [1.82, 2.24) is 0 Å². The molecule has 0 rings (SSSR count). The summed E-state index contributed by atoms with van der Waals surface area (Å²) in [5.74, 6) is 0. The summed E-state index contributed by atoms with van der Waals surface area (Å²) in [5, 5.41) is 37.5. The second-order valence-corrected chi connectivity index (χ2v) is 0. The van der Waals surface area contributed by atoms with Crippen molar-refractivity contribution >= 4 is 0 Å². The fourth-order valence-corrected chi connectivity index (χ4v) is 0. The Hall–Kier alpha value is -0.515. The van der Waals surface area contributed by atoms with Crippen molar-refractivity contribution in [1.29, 1.82) is 31.6 Å². The van der Waals surface area contributed by atoms with Gasteiger partial charge < -0.3 is 71.0 Å². The van der Waals surface area contributed by atoms with Gasteiger partial charge in [-0.1, -0.05) is 0 Å². The summed E-state index contributed by atoms with van der Waals surface area (Å²) in [7, 11) is 0. The summed E-state index contributed by atoms with van der Waals surface area (Å²) in [5.41, 5.74) is 0. The van der Waals surface area contributed by atoms with Crippen LogP contribution in [-0.4, -0.2) is 0 Å². The molecule has 11 heteroatoms. The summed E-state index contributed by atoms with van der Waals surface area (Å²) in [6, 6.07) is 0. The van der Waals surface area contributed by atoms with Crippen LogP contribution in [0.15, 0.2) is 0 Å². The predicted molar refractivity (Wildman–Crippen MR) is 29.8 cm³/mol. The monoisotopic (exact) mass is 448 g/mol. The van der Waals surface area contributed by atoms with Gasteiger partial charge in [0.15, 0.2) is 0 Å². The van der Waals surface area contributed by atoms with E-state index >= 15 is 0 Å². The molecule has 6 nitrogen and oxygen atoms in total. The Labute approximate surface area is 154 Å². The Morgan fingerprint density at radius 1 is 0.294 bits per heavy atom. The number of rotatable bonds is 0. The van der Waals surface area contributed by atoms with E-state index in [2.05, 4.69) is 0 Å².